The fraction of sp³-hybridized carbons (Fsp3) is 0.192. The van der Waals surface area contributed by atoms with Crippen molar-refractivity contribution in [3.05, 3.63) is 95.3 Å². The topological polar surface area (TPSA) is 44.4 Å². The van der Waals surface area contributed by atoms with Crippen LogP contribution in [0.15, 0.2) is 72.8 Å². The summed E-state index contributed by atoms with van der Waals surface area (Å²) in [6.07, 6.45) is 0. The van der Waals surface area contributed by atoms with Gasteiger partial charge in [0.05, 0.1) is 17.0 Å². The predicted molar refractivity (Wildman–Crippen MR) is 125 cm³/mol. The van der Waals surface area contributed by atoms with Crippen LogP contribution in [0.4, 0.5) is 15.8 Å². The first-order valence-corrected chi connectivity index (χ1v) is 10.6. The molecule has 3 aromatic rings. The third-order valence-electron chi connectivity index (χ3n) is 5.56. The first-order valence-electron chi connectivity index (χ1n) is 10.6. The van der Waals surface area contributed by atoms with Crippen molar-refractivity contribution in [3.8, 4) is 0 Å². The Bertz CT molecular complexity index is 1100. The zero-order chi connectivity index (χ0) is 21.8. The highest BCUT2D eigenvalue weighted by atomic mass is 19.1. The fourth-order valence-electron chi connectivity index (χ4n) is 3.82. The van der Waals surface area contributed by atoms with Gasteiger partial charge in [-0.1, -0.05) is 56.3 Å². The molecule has 0 bridgehead atoms. The van der Waals surface area contributed by atoms with Gasteiger partial charge in [0, 0.05) is 17.8 Å². The molecule has 1 heterocycles. The molecule has 158 valence electrons. The van der Waals surface area contributed by atoms with Crippen molar-refractivity contribution < 1.29 is 9.18 Å². The number of hydrogen-bond acceptors (Lipinski definition) is 3. The maximum Gasteiger partial charge on any atom is 0.258 e. The number of nitrogens with one attached hydrogen (secondary N) is 2. The monoisotopic (exact) mass is 415 g/mol. The number of rotatable bonds is 7. The van der Waals surface area contributed by atoms with Crippen LogP contribution in [0.25, 0.3) is 11.3 Å². The highest BCUT2D eigenvalue weighted by molar-refractivity contribution is 6.37. The second kappa shape index (κ2) is 9.14. The molecule has 0 atom stereocenters. The summed E-state index contributed by atoms with van der Waals surface area (Å²) in [5, 5.41) is 6.23. The number of carbonyl (C=O) groups excluding carboxylic acids is 1. The van der Waals surface area contributed by atoms with E-state index in [0.717, 1.165) is 30.9 Å². The summed E-state index contributed by atoms with van der Waals surface area (Å²) in [5.41, 5.74) is 5.40. The van der Waals surface area contributed by atoms with Gasteiger partial charge in [-0.3, -0.25) is 9.69 Å². The van der Waals surface area contributed by atoms with Gasteiger partial charge in [-0.2, -0.15) is 0 Å². The predicted octanol–water partition coefficient (Wildman–Crippen LogP) is 5.60. The fourth-order valence-corrected chi connectivity index (χ4v) is 3.82. The van der Waals surface area contributed by atoms with Crippen LogP contribution in [-0.4, -0.2) is 23.9 Å². The molecule has 0 spiro atoms. The Morgan fingerprint density at radius 3 is 2.35 bits per heavy atom. The molecule has 0 saturated heterocycles. The lowest BCUT2D eigenvalue weighted by atomic mass is 10.00. The van der Waals surface area contributed by atoms with E-state index in [1.54, 1.807) is 6.07 Å². The molecule has 2 N–H and O–H groups in total. The number of nitrogens with zero attached hydrogens (tertiary/aromatic N) is 1. The van der Waals surface area contributed by atoms with Crippen LogP contribution >= 0.6 is 0 Å². The molecule has 0 unspecified atom stereocenters. The van der Waals surface area contributed by atoms with Gasteiger partial charge in [0.25, 0.3) is 5.91 Å². The maximum atomic E-state index is 13.7. The molecule has 1 aliphatic rings. The Hall–Kier alpha value is -3.44. The van der Waals surface area contributed by atoms with Gasteiger partial charge in [-0.25, -0.2) is 4.39 Å². The van der Waals surface area contributed by atoms with Crippen LogP contribution in [0.1, 0.15) is 30.5 Å². The molecule has 4 rings (SSSR count). The first kappa shape index (κ1) is 20.8. The molecule has 0 aromatic heterocycles. The molecule has 4 nitrogen and oxygen atoms in total. The van der Waals surface area contributed by atoms with E-state index in [9.17, 15) is 9.18 Å². The highest BCUT2D eigenvalue weighted by Crippen LogP contribution is 2.37. The Morgan fingerprint density at radius 2 is 1.68 bits per heavy atom. The average molecular weight is 416 g/mol. The van der Waals surface area contributed by atoms with Gasteiger partial charge in [-0.05, 0) is 54.5 Å². The molecule has 31 heavy (non-hydrogen) atoms. The molecule has 3 aromatic carbocycles. The van der Waals surface area contributed by atoms with Gasteiger partial charge < -0.3 is 10.6 Å². The number of carbonyl (C=O) groups is 1. The van der Waals surface area contributed by atoms with Crippen molar-refractivity contribution in [1.29, 1.82) is 0 Å². The number of benzene rings is 3. The second-order valence-corrected chi connectivity index (χ2v) is 7.54. The number of fused-ring (bicyclic) bond motifs is 1. The summed E-state index contributed by atoms with van der Waals surface area (Å²) in [6.45, 7) is 7.25. The van der Waals surface area contributed by atoms with Gasteiger partial charge in [-0.15, -0.1) is 0 Å². The summed E-state index contributed by atoms with van der Waals surface area (Å²) in [4.78, 5) is 15.2. The number of anilines is 2. The van der Waals surface area contributed by atoms with Crippen molar-refractivity contribution >= 4 is 28.6 Å². The minimum Gasteiger partial charge on any atom is -0.354 e. The standard InChI is InChI=1S/C26H26FN3O/c1-3-30(4-2)17-18-10-13-21(14-11-18)28-25(19-8-6-5-7-9-19)24-22-15-12-20(27)16-23(22)29-26(24)31/h5-16,28H,3-4,17H2,1-2H3,(H,29,31)/b25-24-. The van der Waals surface area contributed by atoms with Crippen molar-refractivity contribution in [1.82, 2.24) is 4.90 Å². The number of halogens is 1. The zero-order valence-corrected chi connectivity index (χ0v) is 17.8. The SMILES string of the molecule is CCN(CC)Cc1ccc(N/C(=C2\C(=O)Nc3cc(F)ccc32)c2ccccc2)cc1. The lowest BCUT2D eigenvalue weighted by Crippen LogP contribution is -2.22. The summed E-state index contributed by atoms with van der Waals surface area (Å²) in [6, 6.07) is 22.4. The van der Waals surface area contributed by atoms with E-state index in [4.69, 9.17) is 0 Å². The lowest BCUT2D eigenvalue weighted by molar-refractivity contribution is -0.110. The molecule has 0 fully saturated rings. The van der Waals surface area contributed by atoms with Crippen molar-refractivity contribution in [2.45, 2.75) is 20.4 Å². The third-order valence-corrected chi connectivity index (χ3v) is 5.56. The van der Waals surface area contributed by atoms with E-state index in [1.807, 2.05) is 42.5 Å². The normalized spacial score (nSPS) is 14.4. The van der Waals surface area contributed by atoms with E-state index >= 15 is 0 Å². The summed E-state index contributed by atoms with van der Waals surface area (Å²) in [7, 11) is 0. The van der Waals surface area contributed by atoms with Crippen molar-refractivity contribution in [3.63, 3.8) is 0 Å². The van der Waals surface area contributed by atoms with Gasteiger partial charge in [0.2, 0.25) is 0 Å². The molecule has 1 amide bonds. The smallest absolute Gasteiger partial charge is 0.258 e. The quantitative estimate of drug-likeness (QED) is 0.494. The number of amides is 1. The molecule has 0 aliphatic carbocycles. The van der Waals surface area contributed by atoms with E-state index in [2.05, 4.69) is 41.5 Å². The van der Waals surface area contributed by atoms with E-state index in [-0.39, 0.29) is 11.7 Å². The Morgan fingerprint density at radius 1 is 0.968 bits per heavy atom. The van der Waals surface area contributed by atoms with Crippen molar-refractivity contribution in [2.75, 3.05) is 23.7 Å². The summed E-state index contributed by atoms with van der Waals surface area (Å²) >= 11 is 0. The molecule has 1 aliphatic heterocycles. The number of hydrogen-bond donors (Lipinski definition) is 2. The van der Waals surface area contributed by atoms with Gasteiger partial charge in [0.1, 0.15) is 5.82 Å². The van der Waals surface area contributed by atoms with Crippen LogP contribution < -0.4 is 10.6 Å². The van der Waals surface area contributed by atoms with E-state index < -0.39 is 0 Å². The zero-order valence-electron chi connectivity index (χ0n) is 17.8. The highest BCUT2D eigenvalue weighted by Gasteiger charge is 2.28. The Balaban J connectivity index is 1.72. The lowest BCUT2D eigenvalue weighted by Gasteiger charge is -2.19. The van der Waals surface area contributed by atoms with E-state index in [1.165, 1.54) is 17.7 Å². The van der Waals surface area contributed by atoms with Crippen LogP contribution in [0.2, 0.25) is 0 Å². The minimum atomic E-state index is -0.377. The summed E-state index contributed by atoms with van der Waals surface area (Å²) in [5.74, 6) is -0.622. The van der Waals surface area contributed by atoms with Crippen LogP contribution in [0.3, 0.4) is 0 Å². The van der Waals surface area contributed by atoms with Gasteiger partial charge >= 0.3 is 0 Å². The average Bonchev–Trinajstić information content (AvgIpc) is 3.11. The second-order valence-electron chi connectivity index (χ2n) is 7.54. The van der Waals surface area contributed by atoms with E-state index in [0.29, 0.717) is 22.5 Å². The molecule has 0 saturated carbocycles. The Labute approximate surface area is 182 Å². The van der Waals surface area contributed by atoms with Gasteiger partial charge in [0.15, 0.2) is 0 Å². The van der Waals surface area contributed by atoms with Crippen LogP contribution in [0, 0.1) is 5.82 Å². The van der Waals surface area contributed by atoms with Crippen molar-refractivity contribution in [2.24, 2.45) is 0 Å². The maximum absolute atomic E-state index is 13.7. The molecular weight excluding hydrogens is 389 g/mol. The van der Waals surface area contributed by atoms with Crippen LogP contribution in [0.5, 0.6) is 0 Å². The minimum absolute atomic E-state index is 0.245. The Kier molecular flexibility index (Phi) is 6.14. The molecular formula is C26H26FN3O. The third kappa shape index (κ3) is 4.52. The molecule has 0 radical (unpaired) electrons. The largest absolute Gasteiger partial charge is 0.354 e. The van der Waals surface area contributed by atoms with Crippen LogP contribution in [-0.2, 0) is 11.3 Å². The molecule has 5 heteroatoms. The summed E-state index contributed by atoms with van der Waals surface area (Å²) < 4.78 is 13.7. The first-order chi connectivity index (χ1) is 15.1.